The van der Waals surface area contributed by atoms with Crippen molar-refractivity contribution in [1.29, 1.82) is 0 Å². The van der Waals surface area contributed by atoms with E-state index in [0.717, 1.165) is 18.6 Å². The minimum atomic E-state index is 0.601. The molecule has 18 heavy (non-hydrogen) atoms. The maximum Gasteiger partial charge on any atom is 0.0308 e. The van der Waals surface area contributed by atoms with Gasteiger partial charge in [-0.05, 0) is 47.6 Å². The van der Waals surface area contributed by atoms with E-state index in [1.807, 2.05) is 24.8 Å². The van der Waals surface area contributed by atoms with Crippen LogP contribution in [0, 0.1) is 5.92 Å². The molecule has 2 aromatic rings. The van der Waals surface area contributed by atoms with Gasteiger partial charge in [-0.3, -0.25) is 9.97 Å². The van der Waals surface area contributed by atoms with Crippen molar-refractivity contribution in [2.45, 2.75) is 25.5 Å². The Labute approximate surface area is 114 Å². The summed E-state index contributed by atoms with van der Waals surface area (Å²) in [6, 6.07) is 6.36. The van der Waals surface area contributed by atoms with Gasteiger partial charge in [0.15, 0.2) is 0 Å². The number of hydrogen-bond acceptors (Lipinski definition) is 3. The second-order valence-electron chi connectivity index (χ2n) is 4.73. The van der Waals surface area contributed by atoms with Crippen LogP contribution in [-0.4, -0.2) is 9.97 Å². The van der Waals surface area contributed by atoms with Crippen LogP contribution in [-0.2, 0) is 18.6 Å². The highest BCUT2D eigenvalue weighted by atomic mass is 32.1. The van der Waals surface area contributed by atoms with Crippen molar-refractivity contribution < 1.29 is 0 Å². The summed E-state index contributed by atoms with van der Waals surface area (Å²) in [4.78, 5) is 8.30. The van der Waals surface area contributed by atoms with Crippen LogP contribution in [0.4, 0.5) is 0 Å². The summed E-state index contributed by atoms with van der Waals surface area (Å²) in [7, 11) is 0. The van der Waals surface area contributed by atoms with Gasteiger partial charge in [-0.2, -0.15) is 12.6 Å². The van der Waals surface area contributed by atoms with Crippen molar-refractivity contribution >= 4 is 12.6 Å². The molecule has 0 fully saturated rings. The number of rotatable bonds is 5. The Morgan fingerprint density at radius 3 is 2.39 bits per heavy atom. The zero-order valence-corrected chi connectivity index (χ0v) is 11.5. The average Bonchev–Trinajstić information content (AvgIpc) is 2.40. The maximum atomic E-state index is 4.28. The fourth-order valence-electron chi connectivity index (χ4n) is 2.14. The average molecular weight is 258 g/mol. The van der Waals surface area contributed by atoms with Gasteiger partial charge >= 0.3 is 0 Å². The van der Waals surface area contributed by atoms with Gasteiger partial charge in [0.2, 0.25) is 0 Å². The number of aromatic nitrogens is 2. The zero-order valence-electron chi connectivity index (χ0n) is 10.6. The highest BCUT2D eigenvalue weighted by Crippen LogP contribution is 2.14. The Kier molecular flexibility index (Phi) is 4.76. The summed E-state index contributed by atoms with van der Waals surface area (Å²) in [5, 5.41) is 0. The minimum absolute atomic E-state index is 0.601. The van der Waals surface area contributed by atoms with Crippen LogP contribution in [0.25, 0.3) is 0 Å². The first kappa shape index (κ1) is 13.1. The molecule has 3 heteroatoms. The van der Waals surface area contributed by atoms with Crippen molar-refractivity contribution in [3.63, 3.8) is 0 Å². The Balaban J connectivity index is 1.96. The van der Waals surface area contributed by atoms with E-state index in [4.69, 9.17) is 0 Å². The Bertz CT molecular complexity index is 485. The largest absolute Gasteiger partial charge is 0.265 e. The van der Waals surface area contributed by atoms with E-state index < -0.39 is 0 Å². The molecule has 2 heterocycles. The van der Waals surface area contributed by atoms with Gasteiger partial charge in [0, 0.05) is 30.5 Å². The minimum Gasteiger partial charge on any atom is -0.265 e. The van der Waals surface area contributed by atoms with Crippen LogP contribution in [0.5, 0.6) is 0 Å². The quantitative estimate of drug-likeness (QED) is 0.832. The smallest absolute Gasteiger partial charge is 0.0308 e. The Morgan fingerprint density at radius 1 is 1.00 bits per heavy atom. The molecule has 0 amide bonds. The van der Waals surface area contributed by atoms with Gasteiger partial charge in [-0.1, -0.05) is 13.0 Å². The lowest BCUT2D eigenvalue weighted by molar-refractivity contribution is 0.575. The van der Waals surface area contributed by atoms with Gasteiger partial charge in [0.05, 0.1) is 0 Å². The first-order chi connectivity index (χ1) is 8.78. The molecule has 1 unspecified atom stereocenters. The molecule has 0 bridgehead atoms. The molecule has 0 N–H and O–H groups in total. The predicted molar refractivity (Wildman–Crippen MR) is 77.7 cm³/mol. The second-order valence-corrected chi connectivity index (χ2v) is 5.04. The molecule has 0 aliphatic carbocycles. The summed E-state index contributed by atoms with van der Waals surface area (Å²) >= 11 is 4.28. The van der Waals surface area contributed by atoms with Gasteiger partial charge in [-0.15, -0.1) is 0 Å². The van der Waals surface area contributed by atoms with Gasteiger partial charge in [-0.25, -0.2) is 0 Å². The predicted octanol–water partition coefficient (Wildman–Crippen LogP) is 3.33. The van der Waals surface area contributed by atoms with Crippen LogP contribution in [0.15, 0.2) is 43.0 Å². The Hall–Kier alpha value is -1.35. The van der Waals surface area contributed by atoms with E-state index in [2.05, 4.69) is 47.7 Å². The highest BCUT2D eigenvalue weighted by Gasteiger charge is 2.06. The molecule has 0 saturated carbocycles. The van der Waals surface area contributed by atoms with Crippen molar-refractivity contribution in [3.8, 4) is 0 Å². The van der Waals surface area contributed by atoms with Crippen LogP contribution in [0.2, 0.25) is 0 Å². The number of nitrogens with zero attached hydrogens (tertiary/aromatic N) is 2. The molecule has 0 saturated heterocycles. The second kappa shape index (κ2) is 6.55. The summed E-state index contributed by atoms with van der Waals surface area (Å²) in [6.45, 7) is 2.27. The van der Waals surface area contributed by atoms with Gasteiger partial charge in [0.25, 0.3) is 0 Å². The fourth-order valence-corrected chi connectivity index (χ4v) is 2.31. The van der Waals surface area contributed by atoms with Gasteiger partial charge in [0.1, 0.15) is 0 Å². The van der Waals surface area contributed by atoms with Gasteiger partial charge < -0.3 is 0 Å². The molecule has 2 rings (SSSR count). The lowest BCUT2D eigenvalue weighted by atomic mass is 9.95. The first-order valence-corrected chi connectivity index (χ1v) is 6.83. The third kappa shape index (κ3) is 3.84. The molecular weight excluding hydrogens is 240 g/mol. The third-order valence-corrected chi connectivity index (χ3v) is 3.32. The summed E-state index contributed by atoms with van der Waals surface area (Å²) in [6.07, 6.45) is 9.67. The molecular formula is C15H18N2S. The van der Waals surface area contributed by atoms with Crippen molar-refractivity contribution in [2.75, 3.05) is 0 Å². The van der Waals surface area contributed by atoms with E-state index in [1.54, 1.807) is 0 Å². The normalized spacial score (nSPS) is 12.3. The summed E-state index contributed by atoms with van der Waals surface area (Å²) < 4.78 is 0. The highest BCUT2D eigenvalue weighted by molar-refractivity contribution is 7.79. The van der Waals surface area contributed by atoms with E-state index in [9.17, 15) is 0 Å². The van der Waals surface area contributed by atoms with Crippen LogP contribution < -0.4 is 0 Å². The third-order valence-electron chi connectivity index (χ3n) is 2.95. The molecule has 1 atom stereocenters. The Morgan fingerprint density at radius 2 is 1.67 bits per heavy atom. The van der Waals surface area contributed by atoms with Crippen LogP contribution >= 0.6 is 12.6 Å². The molecule has 0 aromatic carbocycles. The molecule has 0 aliphatic rings. The molecule has 0 radical (unpaired) electrons. The van der Waals surface area contributed by atoms with E-state index >= 15 is 0 Å². The lowest BCUT2D eigenvalue weighted by Crippen LogP contribution is -2.04. The standard InChI is InChI=1S/C15H18N2S/c1-12(6-13-2-4-16-5-3-13)7-14-8-15(11-18)10-17-9-14/h2-5,8-10,12,18H,6-7,11H2,1H3. The summed E-state index contributed by atoms with van der Waals surface area (Å²) in [5.41, 5.74) is 3.82. The number of thiol groups is 1. The molecule has 94 valence electrons. The SMILES string of the molecule is CC(Cc1ccncc1)Cc1cncc(CS)c1. The van der Waals surface area contributed by atoms with Crippen LogP contribution in [0.1, 0.15) is 23.6 Å². The van der Waals surface area contributed by atoms with E-state index in [0.29, 0.717) is 5.92 Å². The van der Waals surface area contributed by atoms with Crippen molar-refractivity contribution in [1.82, 2.24) is 9.97 Å². The number of hydrogen-bond donors (Lipinski definition) is 1. The lowest BCUT2D eigenvalue weighted by Gasteiger charge is -2.11. The van der Waals surface area contributed by atoms with Crippen molar-refractivity contribution in [2.24, 2.45) is 5.92 Å². The monoisotopic (exact) mass is 258 g/mol. The fraction of sp³-hybridized carbons (Fsp3) is 0.333. The number of pyridine rings is 2. The van der Waals surface area contributed by atoms with E-state index in [1.165, 1.54) is 16.7 Å². The molecule has 2 aromatic heterocycles. The molecule has 0 spiro atoms. The van der Waals surface area contributed by atoms with Crippen molar-refractivity contribution in [3.05, 3.63) is 59.7 Å². The maximum absolute atomic E-state index is 4.28. The zero-order chi connectivity index (χ0) is 12.8. The van der Waals surface area contributed by atoms with Crippen LogP contribution in [0.3, 0.4) is 0 Å². The topological polar surface area (TPSA) is 25.8 Å². The first-order valence-electron chi connectivity index (χ1n) is 6.20. The van der Waals surface area contributed by atoms with E-state index in [-0.39, 0.29) is 0 Å². The summed E-state index contributed by atoms with van der Waals surface area (Å²) in [5.74, 6) is 1.35. The molecule has 0 aliphatic heterocycles. The molecule has 2 nitrogen and oxygen atoms in total.